The van der Waals surface area contributed by atoms with E-state index in [-0.39, 0.29) is 5.97 Å². The third kappa shape index (κ3) is 2.38. The molecule has 0 atom stereocenters. The van der Waals surface area contributed by atoms with E-state index in [2.05, 4.69) is 9.97 Å². The van der Waals surface area contributed by atoms with Gasteiger partial charge in [-0.3, -0.25) is 4.79 Å². The van der Waals surface area contributed by atoms with E-state index in [4.69, 9.17) is 4.74 Å². The molecule has 0 aliphatic carbocycles. The van der Waals surface area contributed by atoms with Gasteiger partial charge in [0.2, 0.25) is 0 Å². The van der Waals surface area contributed by atoms with E-state index in [0.717, 1.165) is 27.9 Å². The minimum atomic E-state index is -0.349. The van der Waals surface area contributed by atoms with Crippen LogP contribution in [0.4, 0.5) is 0 Å². The van der Waals surface area contributed by atoms with Crippen molar-refractivity contribution in [2.75, 3.05) is 0 Å². The van der Waals surface area contributed by atoms with Gasteiger partial charge >= 0.3 is 5.97 Å². The van der Waals surface area contributed by atoms with Gasteiger partial charge in [0.15, 0.2) is 0 Å². The van der Waals surface area contributed by atoms with Crippen molar-refractivity contribution in [2.45, 2.75) is 13.8 Å². The number of esters is 1. The summed E-state index contributed by atoms with van der Waals surface area (Å²) in [5.41, 5.74) is 3.48. The van der Waals surface area contributed by atoms with Crippen LogP contribution in [0.1, 0.15) is 12.5 Å². The maximum atomic E-state index is 11.3. The van der Waals surface area contributed by atoms with Gasteiger partial charge in [0.1, 0.15) is 17.7 Å². The minimum Gasteiger partial charge on any atom is -0.426 e. The molecule has 0 unspecified atom stereocenters. The van der Waals surface area contributed by atoms with E-state index in [1.165, 1.54) is 13.3 Å². The van der Waals surface area contributed by atoms with Gasteiger partial charge in [-0.2, -0.15) is 0 Å². The second kappa shape index (κ2) is 5.01. The predicted molar refractivity (Wildman–Crippen MR) is 80.0 cm³/mol. The fourth-order valence-electron chi connectivity index (χ4n) is 2.37. The van der Waals surface area contributed by atoms with E-state index in [1.807, 2.05) is 42.9 Å². The molecule has 5 heteroatoms. The molecular formula is C16H15N3O2. The van der Waals surface area contributed by atoms with Crippen molar-refractivity contribution in [1.29, 1.82) is 0 Å². The van der Waals surface area contributed by atoms with Gasteiger partial charge < -0.3 is 9.30 Å². The number of benzene rings is 1. The monoisotopic (exact) mass is 281 g/mol. The van der Waals surface area contributed by atoms with E-state index in [0.29, 0.717) is 5.75 Å². The van der Waals surface area contributed by atoms with Crippen molar-refractivity contribution in [1.82, 2.24) is 14.5 Å². The first kappa shape index (κ1) is 13.3. The summed E-state index contributed by atoms with van der Waals surface area (Å²) in [6, 6.07) is 7.63. The zero-order valence-electron chi connectivity index (χ0n) is 12.1. The number of aromatic nitrogens is 3. The van der Waals surface area contributed by atoms with Crippen LogP contribution in [0.5, 0.6) is 5.75 Å². The van der Waals surface area contributed by atoms with Crippen LogP contribution >= 0.6 is 0 Å². The second-order valence-corrected chi connectivity index (χ2v) is 4.98. The Kier molecular flexibility index (Phi) is 3.17. The van der Waals surface area contributed by atoms with Crippen LogP contribution in [-0.4, -0.2) is 20.5 Å². The molecular weight excluding hydrogens is 266 g/mol. The summed E-state index contributed by atoms with van der Waals surface area (Å²) in [5, 5.41) is 0.930. The van der Waals surface area contributed by atoms with Crippen LogP contribution in [0.25, 0.3) is 22.3 Å². The molecule has 1 aromatic carbocycles. The normalized spacial score (nSPS) is 10.8. The predicted octanol–water partition coefficient (Wildman–Crippen LogP) is 2.87. The van der Waals surface area contributed by atoms with Gasteiger partial charge in [0.05, 0.1) is 5.69 Å². The summed E-state index contributed by atoms with van der Waals surface area (Å²) in [4.78, 5) is 20.0. The van der Waals surface area contributed by atoms with Crippen molar-refractivity contribution >= 4 is 17.0 Å². The number of carbonyl (C=O) groups excluding carboxylic acids is 1. The van der Waals surface area contributed by atoms with Crippen LogP contribution in [0.15, 0.2) is 36.8 Å². The first-order valence-corrected chi connectivity index (χ1v) is 6.62. The zero-order chi connectivity index (χ0) is 15.0. The molecule has 3 rings (SSSR count). The molecule has 0 saturated heterocycles. The van der Waals surface area contributed by atoms with E-state index >= 15 is 0 Å². The van der Waals surface area contributed by atoms with E-state index < -0.39 is 0 Å². The lowest BCUT2D eigenvalue weighted by Gasteiger charge is -2.10. The highest BCUT2D eigenvalue weighted by atomic mass is 16.5. The molecule has 3 aromatic rings. The maximum absolute atomic E-state index is 11.3. The third-order valence-electron chi connectivity index (χ3n) is 3.31. The molecule has 0 amide bonds. The van der Waals surface area contributed by atoms with Crippen LogP contribution in [0, 0.1) is 6.92 Å². The standard InChI is InChI=1S/C16H15N3O2/c1-10-4-5-14(21-11(2)20)13(8-10)15-12-6-7-19(3)16(12)18-9-17-15/h4-9H,1-3H3. The average Bonchev–Trinajstić information content (AvgIpc) is 2.82. The number of hydrogen-bond acceptors (Lipinski definition) is 4. The van der Waals surface area contributed by atoms with Crippen molar-refractivity contribution in [3.8, 4) is 17.0 Å². The summed E-state index contributed by atoms with van der Waals surface area (Å²) < 4.78 is 7.24. The molecule has 21 heavy (non-hydrogen) atoms. The molecule has 0 fully saturated rings. The van der Waals surface area contributed by atoms with Gasteiger partial charge in [0.25, 0.3) is 0 Å². The van der Waals surface area contributed by atoms with Gasteiger partial charge in [-0.25, -0.2) is 9.97 Å². The minimum absolute atomic E-state index is 0.349. The quantitative estimate of drug-likeness (QED) is 0.535. The fourth-order valence-corrected chi connectivity index (χ4v) is 2.37. The van der Waals surface area contributed by atoms with Crippen LogP contribution in [0.2, 0.25) is 0 Å². The lowest BCUT2D eigenvalue weighted by atomic mass is 10.1. The van der Waals surface area contributed by atoms with E-state index in [1.54, 1.807) is 6.07 Å². The SMILES string of the molecule is CC(=O)Oc1ccc(C)cc1-c1ncnc2c1ccn2C. The Morgan fingerprint density at radius 3 is 2.81 bits per heavy atom. The van der Waals surface area contributed by atoms with Crippen molar-refractivity contribution in [3.05, 3.63) is 42.4 Å². The van der Waals surface area contributed by atoms with Gasteiger partial charge in [0, 0.05) is 31.1 Å². The molecule has 0 spiro atoms. The highest BCUT2D eigenvalue weighted by Crippen LogP contribution is 2.33. The molecule has 0 N–H and O–H groups in total. The first-order valence-electron chi connectivity index (χ1n) is 6.62. The van der Waals surface area contributed by atoms with Crippen LogP contribution < -0.4 is 4.74 Å². The number of ether oxygens (including phenoxy) is 1. The molecule has 0 bridgehead atoms. The Hall–Kier alpha value is -2.69. The van der Waals surface area contributed by atoms with Gasteiger partial charge in [-0.05, 0) is 25.1 Å². The number of aryl methyl sites for hydroxylation is 2. The number of hydrogen-bond donors (Lipinski definition) is 0. The molecule has 2 heterocycles. The lowest BCUT2D eigenvalue weighted by molar-refractivity contribution is -0.131. The molecule has 0 aliphatic rings. The Labute approximate surface area is 122 Å². The molecule has 0 saturated carbocycles. The van der Waals surface area contributed by atoms with Crippen molar-refractivity contribution < 1.29 is 9.53 Å². The summed E-state index contributed by atoms with van der Waals surface area (Å²) in [6.45, 7) is 3.38. The Balaban J connectivity index is 2.26. The van der Waals surface area contributed by atoms with Gasteiger partial charge in [-0.15, -0.1) is 0 Å². The topological polar surface area (TPSA) is 57.0 Å². The smallest absolute Gasteiger partial charge is 0.308 e. The summed E-state index contributed by atoms with van der Waals surface area (Å²) in [5.74, 6) is 0.162. The summed E-state index contributed by atoms with van der Waals surface area (Å²) in [7, 11) is 1.93. The molecule has 0 aliphatic heterocycles. The molecule has 2 aromatic heterocycles. The number of fused-ring (bicyclic) bond motifs is 1. The highest BCUT2D eigenvalue weighted by molar-refractivity contribution is 5.93. The van der Waals surface area contributed by atoms with Gasteiger partial charge in [-0.1, -0.05) is 11.6 Å². The van der Waals surface area contributed by atoms with Crippen LogP contribution in [-0.2, 0) is 11.8 Å². The molecule has 106 valence electrons. The fraction of sp³-hybridized carbons (Fsp3) is 0.188. The number of rotatable bonds is 2. The third-order valence-corrected chi connectivity index (χ3v) is 3.31. The second-order valence-electron chi connectivity index (χ2n) is 4.98. The lowest BCUT2D eigenvalue weighted by Crippen LogP contribution is -2.03. The average molecular weight is 281 g/mol. The number of carbonyl (C=O) groups is 1. The Morgan fingerprint density at radius 2 is 2.05 bits per heavy atom. The zero-order valence-corrected chi connectivity index (χ0v) is 12.1. The van der Waals surface area contributed by atoms with E-state index in [9.17, 15) is 4.79 Å². The Morgan fingerprint density at radius 1 is 1.24 bits per heavy atom. The number of nitrogens with zero attached hydrogens (tertiary/aromatic N) is 3. The largest absolute Gasteiger partial charge is 0.426 e. The van der Waals surface area contributed by atoms with Crippen molar-refractivity contribution in [2.24, 2.45) is 7.05 Å². The maximum Gasteiger partial charge on any atom is 0.308 e. The highest BCUT2D eigenvalue weighted by Gasteiger charge is 2.14. The first-order chi connectivity index (χ1) is 10.1. The summed E-state index contributed by atoms with van der Waals surface area (Å²) >= 11 is 0. The molecule has 0 radical (unpaired) electrons. The van der Waals surface area contributed by atoms with Crippen LogP contribution in [0.3, 0.4) is 0 Å². The molecule has 5 nitrogen and oxygen atoms in total. The Bertz CT molecular complexity index is 837. The van der Waals surface area contributed by atoms with Crippen molar-refractivity contribution in [3.63, 3.8) is 0 Å². The summed E-state index contributed by atoms with van der Waals surface area (Å²) in [6.07, 6.45) is 3.46.